The van der Waals surface area contributed by atoms with E-state index in [-0.39, 0.29) is 6.23 Å². The maximum absolute atomic E-state index is 6.33. The minimum absolute atomic E-state index is 0.196. The van der Waals surface area contributed by atoms with Gasteiger partial charge in [0.1, 0.15) is 6.23 Å². The topological polar surface area (TPSA) is 12.5 Å². The van der Waals surface area contributed by atoms with Gasteiger partial charge < -0.3 is 9.64 Å². The van der Waals surface area contributed by atoms with Crippen LogP contribution >= 0.6 is 0 Å². The molecule has 1 aliphatic carbocycles. The van der Waals surface area contributed by atoms with E-state index < -0.39 is 0 Å². The second-order valence-electron chi connectivity index (χ2n) is 6.08. The third kappa shape index (κ3) is 2.64. The van der Waals surface area contributed by atoms with Gasteiger partial charge in [0.15, 0.2) is 0 Å². The average Bonchev–Trinajstić information content (AvgIpc) is 2.75. The number of para-hydroxylation sites is 1. The largest absolute Gasteiger partial charge is 0.355 e. The molecule has 1 heterocycles. The Kier molecular flexibility index (Phi) is 3.79. The molecule has 0 spiro atoms. The van der Waals surface area contributed by atoms with Gasteiger partial charge in [0, 0.05) is 11.7 Å². The van der Waals surface area contributed by atoms with E-state index in [0.717, 1.165) is 6.42 Å². The lowest BCUT2D eigenvalue weighted by atomic mass is 9.98. The Morgan fingerprint density at radius 1 is 1.16 bits per heavy atom. The Bertz CT molecular complexity index is 425. The van der Waals surface area contributed by atoms with Crippen LogP contribution in [0.15, 0.2) is 24.3 Å². The van der Waals surface area contributed by atoms with E-state index in [9.17, 15) is 0 Å². The highest BCUT2D eigenvalue weighted by Crippen LogP contribution is 2.34. The first-order chi connectivity index (χ1) is 9.25. The Morgan fingerprint density at radius 2 is 1.89 bits per heavy atom. The number of benzene rings is 1. The quantitative estimate of drug-likeness (QED) is 0.809. The van der Waals surface area contributed by atoms with Crippen molar-refractivity contribution in [3.63, 3.8) is 0 Å². The molecule has 1 aromatic carbocycles. The maximum Gasteiger partial charge on any atom is 0.127 e. The molecule has 2 heteroatoms. The van der Waals surface area contributed by atoms with Crippen molar-refractivity contribution in [3.8, 4) is 0 Å². The van der Waals surface area contributed by atoms with Crippen LogP contribution in [0.2, 0.25) is 0 Å². The van der Waals surface area contributed by atoms with Gasteiger partial charge in [-0.05, 0) is 44.7 Å². The minimum Gasteiger partial charge on any atom is -0.355 e. The van der Waals surface area contributed by atoms with Gasteiger partial charge >= 0.3 is 0 Å². The van der Waals surface area contributed by atoms with Crippen LogP contribution in [0.1, 0.15) is 51.5 Å². The van der Waals surface area contributed by atoms with Gasteiger partial charge in [0.05, 0.1) is 6.10 Å². The number of rotatable bonds is 3. The lowest BCUT2D eigenvalue weighted by Gasteiger charge is -2.35. The standard InChI is InChI=1S/C17H25NO/c1-13-12-15-8-6-7-11-17(15)18(13)14(2)19-16-9-4-3-5-10-16/h6-8,11,13-14,16H,3-5,9-10,12H2,1-2H3. The van der Waals surface area contributed by atoms with E-state index in [1.54, 1.807) is 0 Å². The zero-order chi connectivity index (χ0) is 13.2. The molecule has 19 heavy (non-hydrogen) atoms. The van der Waals surface area contributed by atoms with Crippen molar-refractivity contribution in [2.45, 2.75) is 70.7 Å². The summed E-state index contributed by atoms with van der Waals surface area (Å²) in [5, 5.41) is 0. The maximum atomic E-state index is 6.33. The molecule has 2 atom stereocenters. The van der Waals surface area contributed by atoms with Crippen LogP contribution in [0, 0.1) is 0 Å². The van der Waals surface area contributed by atoms with Crippen molar-refractivity contribution in [2.75, 3.05) is 4.90 Å². The van der Waals surface area contributed by atoms with E-state index in [4.69, 9.17) is 4.74 Å². The highest BCUT2D eigenvalue weighted by atomic mass is 16.5. The highest BCUT2D eigenvalue weighted by molar-refractivity contribution is 5.59. The van der Waals surface area contributed by atoms with Crippen LogP contribution in [0.5, 0.6) is 0 Å². The van der Waals surface area contributed by atoms with Crippen molar-refractivity contribution in [2.24, 2.45) is 0 Å². The second-order valence-corrected chi connectivity index (χ2v) is 6.08. The van der Waals surface area contributed by atoms with Crippen LogP contribution in [-0.2, 0) is 11.2 Å². The molecule has 0 aromatic heterocycles. The van der Waals surface area contributed by atoms with Gasteiger partial charge in [-0.2, -0.15) is 0 Å². The summed E-state index contributed by atoms with van der Waals surface area (Å²) in [4.78, 5) is 2.46. The predicted octanol–water partition coefficient (Wildman–Crippen LogP) is 4.13. The Labute approximate surface area is 116 Å². The first-order valence-electron chi connectivity index (χ1n) is 7.77. The fourth-order valence-electron chi connectivity index (χ4n) is 3.69. The zero-order valence-corrected chi connectivity index (χ0v) is 12.1. The predicted molar refractivity (Wildman–Crippen MR) is 79.5 cm³/mol. The monoisotopic (exact) mass is 259 g/mol. The second kappa shape index (κ2) is 5.54. The minimum atomic E-state index is 0.196. The normalized spacial score (nSPS) is 25.4. The van der Waals surface area contributed by atoms with E-state index in [1.165, 1.54) is 43.4 Å². The third-order valence-corrected chi connectivity index (χ3v) is 4.59. The molecule has 2 nitrogen and oxygen atoms in total. The Balaban J connectivity index is 1.70. The number of ether oxygens (including phenoxy) is 1. The summed E-state index contributed by atoms with van der Waals surface area (Å²) >= 11 is 0. The summed E-state index contributed by atoms with van der Waals surface area (Å²) in [5.41, 5.74) is 2.84. The smallest absolute Gasteiger partial charge is 0.127 e. The van der Waals surface area contributed by atoms with Crippen molar-refractivity contribution in [1.82, 2.24) is 0 Å². The van der Waals surface area contributed by atoms with Gasteiger partial charge in [-0.15, -0.1) is 0 Å². The SMILES string of the molecule is CC1Cc2ccccc2N1C(C)OC1CCCCC1. The van der Waals surface area contributed by atoms with E-state index in [0.29, 0.717) is 12.1 Å². The van der Waals surface area contributed by atoms with Crippen LogP contribution in [0.4, 0.5) is 5.69 Å². The van der Waals surface area contributed by atoms with Crippen molar-refractivity contribution >= 4 is 5.69 Å². The number of hydrogen-bond donors (Lipinski definition) is 0. The van der Waals surface area contributed by atoms with Gasteiger partial charge in [-0.25, -0.2) is 0 Å². The molecule has 104 valence electrons. The Hall–Kier alpha value is -1.02. The summed E-state index contributed by atoms with van der Waals surface area (Å²) in [6.07, 6.45) is 8.37. The van der Waals surface area contributed by atoms with Gasteiger partial charge in [-0.3, -0.25) is 0 Å². The van der Waals surface area contributed by atoms with Crippen LogP contribution in [0.25, 0.3) is 0 Å². The molecule has 0 N–H and O–H groups in total. The molecule has 1 fully saturated rings. The van der Waals surface area contributed by atoms with E-state index >= 15 is 0 Å². The average molecular weight is 259 g/mol. The molecule has 0 saturated heterocycles. The number of nitrogens with zero attached hydrogens (tertiary/aromatic N) is 1. The van der Waals surface area contributed by atoms with Crippen LogP contribution in [-0.4, -0.2) is 18.4 Å². The fraction of sp³-hybridized carbons (Fsp3) is 0.647. The molecular formula is C17H25NO. The number of hydrogen-bond acceptors (Lipinski definition) is 2. The van der Waals surface area contributed by atoms with Gasteiger partial charge in [0.2, 0.25) is 0 Å². The Morgan fingerprint density at radius 3 is 2.68 bits per heavy atom. The number of fused-ring (bicyclic) bond motifs is 1. The summed E-state index contributed by atoms with van der Waals surface area (Å²) < 4.78 is 6.33. The molecule has 1 aromatic rings. The molecule has 3 rings (SSSR count). The summed E-state index contributed by atoms with van der Waals surface area (Å²) in [6.45, 7) is 4.52. The van der Waals surface area contributed by atoms with Crippen molar-refractivity contribution in [1.29, 1.82) is 0 Å². The zero-order valence-electron chi connectivity index (χ0n) is 12.1. The van der Waals surface area contributed by atoms with E-state index in [1.807, 2.05) is 0 Å². The molecule has 0 radical (unpaired) electrons. The van der Waals surface area contributed by atoms with Crippen LogP contribution in [0.3, 0.4) is 0 Å². The first kappa shape index (κ1) is 13.0. The summed E-state index contributed by atoms with van der Waals surface area (Å²) in [6, 6.07) is 9.31. The highest BCUT2D eigenvalue weighted by Gasteiger charge is 2.31. The van der Waals surface area contributed by atoms with Crippen LogP contribution < -0.4 is 4.90 Å². The molecule has 2 aliphatic rings. The molecule has 0 amide bonds. The summed E-state index contributed by atoms with van der Waals surface area (Å²) in [7, 11) is 0. The van der Waals surface area contributed by atoms with Crippen molar-refractivity contribution in [3.05, 3.63) is 29.8 Å². The van der Waals surface area contributed by atoms with Gasteiger partial charge in [-0.1, -0.05) is 37.5 Å². The number of anilines is 1. The molecular weight excluding hydrogens is 234 g/mol. The molecule has 1 aliphatic heterocycles. The lowest BCUT2D eigenvalue weighted by molar-refractivity contribution is -0.0237. The van der Waals surface area contributed by atoms with Crippen molar-refractivity contribution < 1.29 is 4.74 Å². The summed E-state index contributed by atoms with van der Waals surface area (Å²) in [5.74, 6) is 0. The lowest BCUT2D eigenvalue weighted by Crippen LogP contribution is -2.41. The molecule has 1 saturated carbocycles. The molecule has 2 unspecified atom stereocenters. The third-order valence-electron chi connectivity index (χ3n) is 4.59. The fourth-order valence-corrected chi connectivity index (χ4v) is 3.69. The van der Waals surface area contributed by atoms with E-state index in [2.05, 4.69) is 43.0 Å². The molecule has 0 bridgehead atoms. The first-order valence-corrected chi connectivity index (χ1v) is 7.77. The van der Waals surface area contributed by atoms with Gasteiger partial charge in [0.25, 0.3) is 0 Å².